The molecule has 0 aromatic carbocycles. The van der Waals surface area contributed by atoms with Gasteiger partial charge in [-0.1, -0.05) is 73.6 Å². The summed E-state index contributed by atoms with van der Waals surface area (Å²) in [6, 6.07) is -3.10. The maximum absolute atomic E-state index is 14.6. The fraction of sp³-hybridized carbons (Fsp3) is 0.884. The zero-order valence-electron chi connectivity index (χ0n) is 36.8. The lowest BCUT2D eigenvalue weighted by atomic mass is 9.61. The number of nitrogens with zero attached hydrogens (tertiary/aromatic N) is 2. The van der Waals surface area contributed by atoms with Crippen molar-refractivity contribution in [1.29, 1.82) is 0 Å². The number of nitrogens with one attached hydrogen (secondary N) is 4. The second kappa shape index (κ2) is 20.7. The summed E-state index contributed by atoms with van der Waals surface area (Å²) in [5.74, 6) is -1.63. The molecule has 2 saturated heterocycles. The van der Waals surface area contributed by atoms with Crippen LogP contribution in [-0.2, 0) is 34.0 Å². The van der Waals surface area contributed by atoms with Crippen LogP contribution in [0.5, 0.6) is 0 Å². The van der Waals surface area contributed by atoms with Gasteiger partial charge in [0.05, 0.1) is 11.4 Å². The van der Waals surface area contributed by atoms with Crippen LogP contribution in [0, 0.1) is 28.6 Å². The van der Waals surface area contributed by atoms with Crippen LogP contribution in [0.4, 0.5) is 0 Å². The maximum atomic E-state index is 14.6. The van der Waals surface area contributed by atoms with Gasteiger partial charge in [0.2, 0.25) is 34.2 Å². The van der Waals surface area contributed by atoms with Gasteiger partial charge in [-0.25, -0.2) is 8.42 Å². The number of amides is 5. The van der Waals surface area contributed by atoms with Crippen molar-refractivity contribution in [3.05, 3.63) is 0 Å². The summed E-state index contributed by atoms with van der Waals surface area (Å²) in [7, 11) is -3.80. The molecule has 15 heteroatoms. The summed E-state index contributed by atoms with van der Waals surface area (Å²) in [4.78, 5) is 71.1. The van der Waals surface area contributed by atoms with Crippen LogP contribution in [0.15, 0.2) is 0 Å². The van der Waals surface area contributed by atoms with Crippen LogP contribution >= 0.6 is 0 Å². The van der Waals surface area contributed by atoms with Crippen LogP contribution in [0.3, 0.4) is 0 Å². The first-order valence-electron chi connectivity index (χ1n) is 22.4. The van der Waals surface area contributed by atoms with E-state index in [1.807, 2.05) is 27.7 Å². The molecular formula is C43H77N7O7S. The molecule has 332 valence electrons. The van der Waals surface area contributed by atoms with Crippen molar-refractivity contribution in [3.8, 4) is 0 Å². The molecule has 6 atom stereocenters. The van der Waals surface area contributed by atoms with Gasteiger partial charge in [0.25, 0.3) is 5.91 Å². The standard InChI is InChI=1S/C35H59N5O7S.C8H18N2/c1-7-12-26(30(42)39-48(46,47)25-17-18-25)37-31(43)27-19-24(35(5,6)23-15-11-16-23)20-40(27)33(45)29(34(2,3)4)38-32(44)28(36-21-41)22-13-9-8-10-14-22;1-7(2)10-6-4-3-5-8(10)9/h21-29H,7-20H2,1-6H3,(H,36,41)(H,37,43)(H,38,44)(H,39,42);7-8H,3-6,9H2,1-2H3/t24?,26-,27-,28?,29+;8-/m00/s1. The molecule has 2 unspecified atom stereocenters. The highest BCUT2D eigenvalue weighted by Gasteiger charge is 2.51. The third-order valence-corrected chi connectivity index (χ3v) is 15.7. The van der Waals surface area contributed by atoms with Crippen molar-refractivity contribution in [2.45, 2.75) is 200 Å². The minimum atomic E-state index is -3.80. The van der Waals surface area contributed by atoms with E-state index in [9.17, 15) is 32.4 Å². The Bertz CT molecular complexity index is 1520. The SMILES string of the molecule is CC(C)N1CCCC[C@H]1N.CCC[C@H](NC(=O)[C@@H]1CC(C(C)(C)C2CCC2)CN1C(=O)[C@@H](NC(=O)C(NC=O)C1CCCCC1)C(C)(C)C)C(=O)NS(=O)(=O)C1CC1. The molecule has 5 aliphatic rings. The van der Waals surface area contributed by atoms with E-state index in [2.05, 4.69) is 53.3 Å². The lowest BCUT2D eigenvalue weighted by Crippen LogP contribution is -2.61. The Morgan fingerprint density at radius 3 is 1.97 bits per heavy atom. The minimum absolute atomic E-state index is 0.000710. The van der Waals surface area contributed by atoms with Crippen molar-refractivity contribution in [1.82, 2.24) is 30.5 Å². The number of carbonyl (C=O) groups is 5. The second-order valence-corrected chi connectivity index (χ2v) is 21.8. The molecule has 0 aromatic heterocycles. The maximum Gasteiger partial charge on any atom is 0.256 e. The molecule has 5 fully saturated rings. The normalized spacial score (nSPS) is 25.3. The van der Waals surface area contributed by atoms with Gasteiger partial charge >= 0.3 is 0 Å². The van der Waals surface area contributed by atoms with Gasteiger partial charge in [-0.2, -0.15) is 0 Å². The fourth-order valence-corrected chi connectivity index (χ4v) is 10.8. The molecule has 6 N–H and O–H groups in total. The van der Waals surface area contributed by atoms with E-state index < -0.39 is 62.6 Å². The number of hydrogen-bond acceptors (Lipinski definition) is 9. The molecule has 2 aliphatic heterocycles. The van der Waals surface area contributed by atoms with E-state index in [0.29, 0.717) is 56.8 Å². The zero-order valence-corrected chi connectivity index (χ0v) is 37.6. The fourth-order valence-electron chi connectivity index (χ4n) is 9.48. The van der Waals surface area contributed by atoms with Crippen LogP contribution in [0.1, 0.15) is 158 Å². The van der Waals surface area contributed by atoms with Gasteiger partial charge < -0.3 is 26.6 Å². The number of hydrogen-bond donors (Lipinski definition) is 5. The summed E-state index contributed by atoms with van der Waals surface area (Å²) in [6.45, 7) is 17.8. The van der Waals surface area contributed by atoms with Crippen molar-refractivity contribution < 1.29 is 32.4 Å². The van der Waals surface area contributed by atoms with Crippen molar-refractivity contribution in [2.24, 2.45) is 34.3 Å². The zero-order chi connectivity index (χ0) is 43.0. The van der Waals surface area contributed by atoms with Gasteiger partial charge in [-0.3, -0.25) is 33.6 Å². The Kier molecular flexibility index (Phi) is 17.1. The second-order valence-electron chi connectivity index (χ2n) is 19.8. The Hall–Kier alpha value is -2.78. The predicted octanol–water partition coefficient (Wildman–Crippen LogP) is 4.31. The molecule has 5 amide bonds. The van der Waals surface area contributed by atoms with Gasteiger partial charge in [0.15, 0.2) is 0 Å². The van der Waals surface area contributed by atoms with E-state index in [4.69, 9.17) is 5.73 Å². The summed E-state index contributed by atoms with van der Waals surface area (Å²) >= 11 is 0. The Labute approximate surface area is 349 Å². The smallest absolute Gasteiger partial charge is 0.256 e. The highest BCUT2D eigenvalue weighted by Crippen LogP contribution is 2.50. The number of likely N-dealkylation sites (tertiary alicyclic amines) is 2. The van der Waals surface area contributed by atoms with Gasteiger partial charge in [0.1, 0.15) is 24.2 Å². The highest BCUT2D eigenvalue weighted by atomic mass is 32.2. The van der Waals surface area contributed by atoms with Crippen molar-refractivity contribution >= 4 is 40.1 Å². The molecule has 5 rings (SSSR count). The first kappa shape index (κ1) is 47.9. The summed E-state index contributed by atoms with van der Waals surface area (Å²) in [5, 5.41) is 7.91. The highest BCUT2D eigenvalue weighted by molar-refractivity contribution is 7.90. The molecule has 58 heavy (non-hydrogen) atoms. The lowest BCUT2D eigenvalue weighted by Gasteiger charge is -2.44. The largest absolute Gasteiger partial charge is 0.347 e. The number of carbonyl (C=O) groups excluding carboxylic acids is 5. The Morgan fingerprint density at radius 2 is 1.47 bits per heavy atom. The number of piperidine rings is 1. The Morgan fingerprint density at radius 1 is 0.828 bits per heavy atom. The van der Waals surface area contributed by atoms with Gasteiger partial charge in [-0.05, 0) is 120 Å². The molecule has 0 spiro atoms. The monoisotopic (exact) mass is 836 g/mol. The quantitative estimate of drug-likeness (QED) is 0.141. The third kappa shape index (κ3) is 12.4. The molecule has 14 nitrogen and oxygen atoms in total. The van der Waals surface area contributed by atoms with Crippen molar-refractivity contribution in [3.63, 3.8) is 0 Å². The molecule has 0 bridgehead atoms. The van der Waals surface area contributed by atoms with Gasteiger partial charge in [-0.15, -0.1) is 0 Å². The van der Waals surface area contributed by atoms with Crippen molar-refractivity contribution in [2.75, 3.05) is 13.1 Å². The van der Waals surface area contributed by atoms with Crippen LogP contribution < -0.4 is 26.4 Å². The topological polar surface area (TPSA) is 200 Å². The number of rotatable bonds is 16. The van der Waals surface area contributed by atoms with E-state index in [1.165, 1.54) is 25.8 Å². The summed E-state index contributed by atoms with van der Waals surface area (Å²) in [6.07, 6.45) is 14.9. The van der Waals surface area contributed by atoms with E-state index in [1.54, 1.807) is 4.90 Å². The molecule has 0 aromatic rings. The minimum Gasteiger partial charge on any atom is -0.347 e. The molecule has 3 saturated carbocycles. The van der Waals surface area contributed by atoms with Crippen LogP contribution in [-0.4, -0.2) is 103 Å². The molecular weight excluding hydrogens is 759 g/mol. The molecule has 2 heterocycles. The summed E-state index contributed by atoms with van der Waals surface area (Å²) < 4.78 is 27.2. The Balaban J connectivity index is 0.000000648. The first-order chi connectivity index (χ1) is 27.2. The van der Waals surface area contributed by atoms with E-state index in [-0.39, 0.29) is 29.6 Å². The number of nitrogens with two attached hydrogens (primary N) is 1. The first-order valence-corrected chi connectivity index (χ1v) is 23.9. The average molecular weight is 836 g/mol. The summed E-state index contributed by atoms with van der Waals surface area (Å²) in [5.41, 5.74) is 5.03. The van der Waals surface area contributed by atoms with E-state index in [0.717, 1.165) is 51.4 Å². The predicted molar refractivity (Wildman–Crippen MR) is 226 cm³/mol. The number of sulfonamides is 1. The molecule has 3 aliphatic carbocycles. The van der Waals surface area contributed by atoms with Crippen LogP contribution in [0.25, 0.3) is 0 Å². The van der Waals surface area contributed by atoms with Crippen LogP contribution in [0.2, 0.25) is 0 Å². The molecule has 0 radical (unpaired) electrons. The lowest BCUT2D eigenvalue weighted by molar-refractivity contribution is -0.145. The third-order valence-electron chi connectivity index (χ3n) is 13.8. The van der Waals surface area contributed by atoms with Gasteiger partial charge in [0, 0.05) is 12.6 Å². The average Bonchev–Trinajstić information content (AvgIpc) is 3.90. The van der Waals surface area contributed by atoms with E-state index >= 15 is 0 Å².